The molecule has 2 rings (SSSR count). The minimum atomic E-state index is -1.01. The van der Waals surface area contributed by atoms with E-state index >= 15 is 0 Å². The van der Waals surface area contributed by atoms with Gasteiger partial charge in [0.05, 0.1) is 0 Å². The van der Waals surface area contributed by atoms with Crippen LogP contribution in [0.3, 0.4) is 0 Å². The molecule has 1 amide bonds. The highest BCUT2D eigenvalue weighted by molar-refractivity contribution is 5.82. The van der Waals surface area contributed by atoms with E-state index < -0.39 is 18.2 Å². The van der Waals surface area contributed by atoms with Crippen LogP contribution in [0, 0.1) is 5.92 Å². The van der Waals surface area contributed by atoms with Gasteiger partial charge in [0, 0.05) is 18.6 Å². The standard InChI is InChI=1S/C12H19NO5/c14-6-7-2-1-3-8(7)13-11(15)9-4-5-10(18-9)12(16)17/h7-10,14H,1-6H2,(H,13,15)(H,16,17)/t7?,8?,9-,10+/m0/s1. The van der Waals surface area contributed by atoms with E-state index in [0.29, 0.717) is 12.8 Å². The Kier molecular flexibility index (Phi) is 4.19. The number of carbonyl (C=O) groups is 2. The second kappa shape index (κ2) is 5.67. The van der Waals surface area contributed by atoms with Crippen molar-refractivity contribution in [2.75, 3.05) is 6.61 Å². The van der Waals surface area contributed by atoms with Crippen molar-refractivity contribution in [1.29, 1.82) is 0 Å². The average Bonchev–Trinajstić information content (AvgIpc) is 2.96. The maximum atomic E-state index is 11.9. The zero-order valence-electron chi connectivity index (χ0n) is 10.2. The van der Waals surface area contributed by atoms with Gasteiger partial charge in [-0.1, -0.05) is 6.42 Å². The number of rotatable bonds is 4. The van der Waals surface area contributed by atoms with Crippen LogP contribution >= 0.6 is 0 Å². The molecule has 1 saturated heterocycles. The maximum absolute atomic E-state index is 11.9. The van der Waals surface area contributed by atoms with Crippen molar-refractivity contribution in [3.8, 4) is 0 Å². The molecule has 0 aromatic heterocycles. The molecule has 1 heterocycles. The Morgan fingerprint density at radius 1 is 1.17 bits per heavy atom. The zero-order chi connectivity index (χ0) is 13.1. The van der Waals surface area contributed by atoms with Crippen LogP contribution in [0.2, 0.25) is 0 Å². The molecule has 0 bridgehead atoms. The van der Waals surface area contributed by atoms with Crippen molar-refractivity contribution in [1.82, 2.24) is 5.32 Å². The van der Waals surface area contributed by atoms with E-state index in [1.54, 1.807) is 0 Å². The molecule has 0 aromatic carbocycles. The van der Waals surface area contributed by atoms with Gasteiger partial charge in [-0.05, 0) is 25.7 Å². The van der Waals surface area contributed by atoms with Gasteiger partial charge < -0.3 is 20.3 Å². The molecule has 0 radical (unpaired) electrons. The molecule has 0 spiro atoms. The van der Waals surface area contributed by atoms with Crippen LogP contribution in [0.25, 0.3) is 0 Å². The first-order valence-corrected chi connectivity index (χ1v) is 6.41. The van der Waals surface area contributed by atoms with Crippen LogP contribution in [-0.4, -0.2) is 46.9 Å². The third kappa shape index (κ3) is 2.81. The summed E-state index contributed by atoms with van der Waals surface area (Å²) in [5.41, 5.74) is 0. The summed E-state index contributed by atoms with van der Waals surface area (Å²) in [6.07, 6.45) is 2.08. The SMILES string of the molecule is O=C(NC1CCCC1CO)[C@@H]1CC[C@H](C(=O)O)O1. The minimum Gasteiger partial charge on any atom is -0.479 e. The van der Waals surface area contributed by atoms with Crippen LogP contribution in [0.1, 0.15) is 32.1 Å². The molecule has 1 aliphatic heterocycles. The summed E-state index contributed by atoms with van der Waals surface area (Å²) in [7, 11) is 0. The molecule has 6 heteroatoms. The van der Waals surface area contributed by atoms with Crippen molar-refractivity contribution >= 4 is 11.9 Å². The van der Waals surface area contributed by atoms with Crippen LogP contribution in [0.5, 0.6) is 0 Å². The Balaban J connectivity index is 1.83. The fraction of sp³-hybridized carbons (Fsp3) is 0.833. The molecule has 1 saturated carbocycles. The Morgan fingerprint density at radius 3 is 2.50 bits per heavy atom. The number of nitrogens with one attached hydrogen (secondary N) is 1. The lowest BCUT2D eigenvalue weighted by molar-refractivity contribution is -0.152. The highest BCUT2D eigenvalue weighted by atomic mass is 16.5. The molecule has 2 unspecified atom stereocenters. The summed E-state index contributed by atoms with van der Waals surface area (Å²) in [4.78, 5) is 22.6. The maximum Gasteiger partial charge on any atom is 0.332 e. The number of amides is 1. The molecular formula is C12H19NO5. The zero-order valence-corrected chi connectivity index (χ0v) is 10.2. The summed E-state index contributed by atoms with van der Waals surface area (Å²) in [5, 5.41) is 20.8. The summed E-state index contributed by atoms with van der Waals surface area (Å²) in [6.45, 7) is 0.0776. The average molecular weight is 257 g/mol. The van der Waals surface area contributed by atoms with E-state index in [2.05, 4.69) is 5.32 Å². The van der Waals surface area contributed by atoms with Crippen molar-refractivity contribution in [2.24, 2.45) is 5.92 Å². The van der Waals surface area contributed by atoms with E-state index in [9.17, 15) is 9.59 Å². The molecule has 3 N–H and O–H groups in total. The highest BCUT2D eigenvalue weighted by Gasteiger charge is 2.37. The van der Waals surface area contributed by atoms with E-state index in [-0.39, 0.29) is 24.5 Å². The summed E-state index contributed by atoms with van der Waals surface area (Å²) >= 11 is 0. The smallest absolute Gasteiger partial charge is 0.332 e. The number of aliphatic carboxylic acids is 1. The molecule has 2 aliphatic rings. The summed E-state index contributed by atoms with van der Waals surface area (Å²) < 4.78 is 5.19. The van der Waals surface area contributed by atoms with Gasteiger partial charge in [-0.25, -0.2) is 4.79 Å². The molecule has 6 nitrogen and oxygen atoms in total. The fourth-order valence-electron chi connectivity index (χ4n) is 2.73. The number of aliphatic hydroxyl groups is 1. The van der Waals surface area contributed by atoms with Crippen molar-refractivity contribution in [3.63, 3.8) is 0 Å². The van der Waals surface area contributed by atoms with Gasteiger partial charge in [0.1, 0.15) is 6.10 Å². The van der Waals surface area contributed by atoms with Crippen molar-refractivity contribution < 1.29 is 24.5 Å². The van der Waals surface area contributed by atoms with Gasteiger partial charge >= 0.3 is 5.97 Å². The van der Waals surface area contributed by atoms with Gasteiger partial charge in [0.25, 0.3) is 0 Å². The second-order valence-corrected chi connectivity index (χ2v) is 5.02. The fourth-order valence-corrected chi connectivity index (χ4v) is 2.73. The Morgan fingerprint density at radius 2 is 1.89 bits per heavy atom. The van der Waals surface area contributed by atoms with Gasteiger partial charge in [0.15, 0.2) is 6.10 Å². The topological polar surface area (TPSA) is 95.9 Å². The van der Waals surface area contributed by atoms with Gasteiger partial charge in [-0.15, -0.1) is 0 Å². The number of hydrogen-bond acceptors (Lipinski definition) is 4. The van der Waals surface area contributed by atoms with E-state index in [4.69, 9.17) is 14.9 Å². The summed E-state index contributed by atoms with van der Waals surface area (Å²) in [6, 6.07) is -0.00465. The van der Waals surface area contributed by atoms with Gasteiger partial charge in [-0.3, -0.25) is 4.79 Å². The van der Waals surface area contributed by atoms with Crippen molar-refractivity contribution in [2.45, 2.75) is 50.4 Å². The van der Waals surface area contributed by atoms with E-state index in [1.165, 1.54) is 0 Å². The highest BCUT2D eigenvalue weighted by Crippen LogP contribution is 2.26. The minimum absolute atomic E-state index is 0.00465. The summed E-state index contributed by atoms with van der Waals surface area (Å²) in [5.74, 6) is -1.14. The third-order valence-corrected chi connectivity index (χ3v) is 3.81. The molecular weight excluding hydrogens is 238 g/mol. The van der Waals surface area contributed by atoms with Gasteiger partial charge in [-0.2, -0.15) is 0 Å². The first-order chi connectivity index (χ1) is 8.61. The molecule has 1 aliphatic carbocycles. The molecule has 102 valence electrons. The number of hydrogen-bond donors (Lipinski definition) is 3. The lowest BCUT2D eigenvalue weighted by atomic mass is 10.0. The predicted molar refractivity (Wildman–Crippen MR) is 61.9 cm³/mol. The van der Waals surface area contributed by atoms with E-state index in [0.717, 1.165) is 19.3 Å². The Labute approximate surface area is 105 Å². The normalized spacial score (nSPS) is 35.6. The largest absolute Gasteiger partial charge is 0.479 e. The number of ether oxygens (including phenoxy) is 1. The number of carboxylic acids is 1. The lowest BCUT2D eigenvalue weighted by Gasteiger charge is -2.21. The molecule has 0 aromatic rings. The monoisotopic (exact) mass is 257 g/mol. The Hall–Kier alpha value is -1.14. The first kappa shape index (κ1) is 13.3. The van der Waals surface area contributed by atoms with Crippen LogP contribution in [0.4, 0.5) is 0 Å². The molecule has 18 heavy (non-hydrogen) atoms. The Bertz CT molecular complexity index is 332. The molecule has 2 fully saturated rings. The second-order valence-electron chi connectivity index (χ2n) is 5.02. The predicted octanol–water partition coefficient (Wildman–Crippen LogP) is -0.104. The number of aliphatic hydroxyl groups excluding tert-OH is 1. The quantitative estimate of drug-likeness (QED) is 0.653. The van der Waals surface area contributed by atoms with Gasteiger partial charge in [0.2, 0.25) is 5.91 Å². The van der Waals surface area contributed by atoms with Crippen LogP contribution in [-0.2, 0) is 14.3 Å². The third-order valence-electron chi connectivity index (χ3n) is 3.81. The van der Waals surface area contributed by atoms with E-state index in [1.807, 2.05) is 0 Å². The molecule has 4 atom stereocenters. The first-order valence-electron chi connectivity index (χ1n) is 6.41. The lowest BCUT2D eigenvalue weighted by Crippen LogP contribution is -2.44. The number of carboxylic acid groups (broad SMARTS) is 1. The number of carbonyl (C=O) groups excluding carboxylic acids is 1. The van der Waals surface area contributed by atoms with Crippen LogP contribution < -0.4 is 5.32 Å². The van der Waals surface area contributed by atoms with Crippen LogP contribution in [0.15, 0.2) is 0 Å². The van der Waals surface area contributed by atoms with Crippen molar-refractivity contribution in [3.05, 3.63) is 0 Å².